The van der Waals surface area contributed by atoms with E-state index in [0.717, 1.165) is 0 Å². The molecule has 57 valence electrons. The van der Waals surface area contributed by atoms with Crippen molar-refractivity contribution in [2.24, 2.45) is 5.73 Å². The van der Waals surface area contributed by atoms with Crippen LogP contribution in [0.1, 0.15) is 6.42 Å². The molecule has 10 heavy (non-hydrogen) atoms. The molecular formula is C5H8NO4. The van der Waals surface area contributed by atoms with Gasteiger partial charge >= 0.3 is 5.97 Å². The fourth-order valence-electron chi connectivity index (χ4n) is 0.384. The van der Waals surface area contributed by atoms with Crippen LogP contribution in [0.4, 0.5) is 0 Å². The van der Waals surface area contributed by atoms with Crippen molar-refractivity contribution >= 4 is 11.8 Å². The smallest absolute Gasteiger partial charge is 0.305 e. The summed E-state index contributed by atoms with van der Waals surface area (Å²) in [6.45, 7) is 0.271. The van der Waals surface area contributed by atoms with Crippen molar-refractivity contribution in [1.82, 2.24) is 0 Å². The lowest BCUT2D eigenvalue weighted by Crippen LogP contribution is -2.32. The quantitative estimate of drug-likeness (QED) is 0.467. The number of aliphatic hydroxyl groups is 1. The first-order valence-corrected chi connectivity index (χ1v) is 2.56. The number of carboxylic acid groups (broad SMARTS) is 1. The van der Waals surface area contributed by atoms with Gasteiger partial charge in [-0.2, -0.15) is 0 Å². The first-order valence-electron chi connectivity index (χ1n) is 2.56. The van der Waals surface area contributed by atoms with E-state index in [0.29, 0.717) is 0 Å². The summed E-state index contributed by atoms with van der Waals surface area (Å²) in [5.74, 6) is -1.94. The lowest BCUT2D eigenvalue weighted by atomic mass is 10.1. The third kappa shape index (κ3) is 3.16. The fraction of sp³-hybridized carbons (Fsp3) is 0.400. The molecule has 0 unspecified atom stereocenters. The second kappa shape index (κ2) is 3.97. The van der Waals surface area contributed by atoms with E-state index in [4.69, 9.17) is 15.9 Å². The van der Waals surface area contributed by atoms with Gasteiger partial charge in [-0.05, 0) is 0 Å². The third-order valence-corrected chi connectivity index (χ3v) is 0.887. The van der Waals surface area contributed by atoms with E-state index in [-0.39, 0.29) is 6.61 Å². The molecule has 0 heterocycles. The normalized spacial score (nSPS) is 12.6. The maximum absolute atomic E-state index is 10.4. The van der Waals surface area contributed by atoms with Crippen LogP contribution in [0.15, 0.2) is 0 Å². The van der Waals surface area contributed by atoms with Gasteiger partial charge in [0.2, 0.25) is 0 Å². The van der Waals surface area contributed by atoms with Gasteiger partial charge in [-0.15, -0.1) is 0 Å². The van der Waals surface area contributed by atoms with Gasteiger partial charge in [0, 0.05) is 0 Å². The Balaban J connectivity index is 3.72. The summed E-state index contributed by atoms with van der Waals surface area (Å²) in [6.07, 6.45) is -0.462. The number of hydrogen-bond acceptors (Lipinski definition) is 4. The first kappa shape index (κ1) is 9.06. The summed E-state index contributed by atoms with van der Waals surface area (Å²) in [6, 6.07) is -1.14. The maximum atomic E-state index is 10.4. The summed E-state index contributed by atoms with van der Waals surface area (Å²) in [7, 11) is 0. The topological polar surface area (TPSA) is 101 Å². The Morgan fingerprint density at radius 3 is 2.40 bits per heavy atom. The minimum atomic E-state index is -1.16. The molecule has 0 fully saturated rings. The molecular weight excluding hydrogens is 138 g/mol. The van der Waals surface area contributed by atoms with Gasteiger partial charge in [-0.1, -0.05) is 0 Å². The zero-order valence-corrected chi connectivity index (χ0v) is 5.15. The van der Waals surface area contributed by atoms with Crippen molar-refractivity contribution in [3.05, 3.63) is 6.61 Å². The molecule has 0 spiro atoms. The molecule has 0 aliphatic rings. The molecule has 5 heteroatoms. The minimum absolute atomic E-state index is 0.271. The predicted octanol–water partition coefficient (Wildman–Crippen LogP) is -1.11. The number of Topliss-reactive ketones (excluding diaryl/α,β-unsaturated/α-hetero) is 1. The average molecular weight is 146 g/mol. The highest BCUT2D eigenvalue weighted by atomic mass is 16.4. The van der Waals surface area contributed by atoms with Crippen LogP contribution < -0.4 is 5.73 Å². The molecule has 0 aliphatic carbocycles. The first-order chi connectivity index (χ1) is 4.57. The molecule has 4 N–H and O–H groups in total. The molecule has 1 radical (unpaired) electrons. The van der Waals surface area contributed by atoms with Crippen LogP contribution in [0, 0.1) is 6.61 Å². The van der Waals surface area contributed by atoms with Crippen LogP contribution in [-0.4, -0.2) is 28.0 Å². The summed E-state index contributed by atoms with van der Waals surface area (Å²) < 4.78 is 0. The van der Waals surface area contributed by atoms with Crippen molar-refractivity contribution in [2.45, 2.75) is 12.5 Å². The monoisotopic (exact) mass is 146 g/mol. The van der Waals surface area contributed by atoms with E-state index in [1.54, 1.807) is 0 Å². The zero-order chi connectivity index (χ0) is 8.15. The van der Waals surface area contributed by atoms with Gasteiger partial charge in [-0.25, -0.2) is 0 Å². The molecule has 0 aliphatic heterocycles. The second-order valence-corrected chi connectivity index (χ2v) is 1.74. The Morgan fingerprint density at radius 1 is 1.60 bits per heavy atom. The number of ketones is 1. The molecule has 0 saturated carbocycles. The van der Waals surface area contributed by atoms with Crippen LogP contribution >= 0.6 is 0 Å². The number of rotatable bonds is 4. The van der Waals surface area contributed by atoms with Crippen molar-refractivity contribution in [2.75, 3.05) is 0 Å². The number of nitrogens with two attached hydrogens (primary N) is 1. The van der Waals surface area contributed by atoms with Gasteiger partial charge in [-0.3, -0.25) is 9.59 Å². The second-order valence-electron chi connectivity index (χ2n) is 1.74. The zero-order valence-electron chi connectivity index (χ0n) is 5.15. The maximum Gasteiger partial charge on any atom is 0.305 e. The van der Waals surface area contributed by atoms with Crippen molar-refractivity contribution < 1.29 is 19.8 Å². The Bertz CT molecular complexity index is 145. The van der Waals surface area contributed by atoms with Gasteiger partial charge in [0.1, 0.15) is 6.61 Å². The van der Waals surface area contributed by atoms with E-state index in [1.165, 1.54) is 0 Å². The average Bonchev–Trinajstić information content (AvgIpc) is 1.85. The highest BCUT2D eigenvalue weighted by Crippen LogP contribution is 1.90. The molecule has 0 bridgehead atoms. The molecule has 5 nitrogen and oxygen atoms in total. The summed E-state index contributed by atoms with van der Waals surface area (Å²) >= 11 is 0. The molecule has 0 aromatic carbocycles. The Kier molecular flexibility index (Phi) is 3.60. The molecule has 0 aromatic heterocycles. The Morgan fingerprint density at radius 2 is 2.10 bits per heavy atom. The lowest BCUT2D eigenvalue weighted by molar-refractivity contribution is -0.139. The Labute approximate surface area is 57.5 Å². The van der Waals surface area contributed by atoms with Gasteiger partial charge in [0.15, 0.2) is 5.78 Å². The van der Waals surface area contributed by atoms with E-state index >= 15 is 0 Å². The van der Waals surface area contributed by atoms with Gasteiger partial charge < -0.3 is 15.9 Å². The molecule has 0 saturated heterocycles. The lowest BCUT2D eigenvalue weighted by Gasteiger charge is -2.02. The van der Waals surface area contributed by atoms with Gasteiger partial charge in [0.25, 0.3) is 0 Å². The third-order valence-electron chi connectivity index (χ3n) is 0.887. The van der Waals surface area contributed by atoms with E-state index in [9.17, 15) is 9.59 Å². The SMILES string of the molecule is N[C@@H](CC(=O)O)C(=O)[CH]O. The predicted molar refractivity (Wildman–Crippen MR) is 31.5 cm³/mol. The standard InChI is InChI=1S/C5H8NO4/c6-3(1-5(9)10)4(8)2-7/h2-3,7H,1,6H2,(H,9,10)/t3-/m0/s1. The largest absolute Gasteiger partial charge is 0.481 e. The number of carbonyl (C=O) groups is 2. The number of aliphatic carboxylic acids is 1. The fourth-order valence-corrected chi connectivity index (χ4v) is 0.384. The van der Waals surface area contributed by atoms with Crippen LogP contribution in [-0.2, 0) is 9.59 Å². The highest BCUT2D eigenvalue weighted by molar-refractivity contribution is 5.92. The van der Waals surface area contributed by atoms with Crippen molar-refractivity contribution in [3.8, 4) is 0 Å². The van der Waals surface area contributed by atoms with E-state index in [1.807, 2.05) is 0 Å². The molecule has 1 atom stereocenters. The highest BCUT2D eigenvalue weighted by Gasteiger charge is 2.15. The van der Waals surface area contributed by atoms with E-state index < -0.39 is 24.2 Å². The van der Waals surface area contributed by atoms with Crippen LogP contribution in [0.5, 0.6) is 0 Å². The summed E-state index contributed by atoms with van der Waals surface area (Å²) in [5, 5.41) is 16.2. The number of aliphatic hydroxyl groups excluding tert-OH is 1. The van der Waals surface area contributed by atoms with Crippen LogP contribution in [0.25, 0.3) is 0 Å². The number of hydrogen-bond donors (Lipinski definition) is 3. The van der Waals surface area contributed by atoms with E-state index in [2.05, 4.69) is 0 Å². The number of carboxylic acids is 1. The summed E-state index contributed by atoms with van der Waals surface area (Å²) in [5.41, 5.74) is 5.01. The van der Waals surface area contributed by atoms with Crippen molar-refractivity contribution in [1.29, 1.82) is 0 Å². The molecule has 0 aromatic rings. The minimum Gasteiger partial charge on any atom is -0.481 e. The van der Waals surface area contributed by atoms with Crippen LogP contribution in [0.3, 0.4) is 0 Å². The van der Waals surface area contributed by atoms with Crippen LogP contribution in [0.2, 0.25) is 0 Å². The number of carbonyl (C=O) groups excluding carboxylic acids is 1. The van der Waals surface area contributed by atoms with Gasteiger partial charge in [0.05, 0.1) is 12.5 Å². The molecule has 0 rings (SSSR count). The van der Waals surface area contributed by atoms with Crippen molar-refractivity contribution in [3.63, 3.8) is 0 Å². The summed E-state index contributed by atoms with van der Waals surface area (Å²) in [4.78, 5) is 20.3. The molecule has 0 amide bonds. The Hall–Kier alpha value is -0.940.